The summed E-state index contributed by atoms with van der Waals surface area (Å²) in [5.74, 6) is 0. The van der Waals surface area contributed by atoms with Crippen molar-refractivity contribution in [2.24, 2.45) is 0 Å². The molecule has 1 aromatic rings. The topological polar surface area (TPSA) is 33.1 Å². The first kappa shape index (κ1) is 11.2. The minimum Gasteiger partial charge on any atom is -0.318 e. The first-order chi connectivity index (χ1) is 6.77. The van der Waals surface area contributed by atoms with Gasteiger partial charge in [-0.15, -0.1) is 0 Å². The van der Waals surface area contributed by atoms with Crippen molar-refractivity contribution in [3.05, 3.63) is 18.0 Å². The van der Waals surface area contributed by atoms with Gasteiger partial charge >= 0.3 is 0 Å². The van der Waals surface area contributed by atoms with Gasteiger partial charge in [-0.2, -0.15) is 5.10 Å². The highest BCUT2D eigenvalue weighted by Gasteiger charge is 2.03. The Bertz CT molecular complexity index is 256. The van der Waals surface area contributed by atoms with Crippen LogP contribution in [-0.2, 0) is 13.1 Å². The molecule has 1 heterocycles. The van der Waals surface area contributed by atoms with Gasteiger partial charge in [-0.05, 0) is 27.1 Å². The fourth-order valence-electron chi connectivity index (χ4n) is 1.44. The number of rotatable bonds is 6. The zero-order chi connectivity index (χ0) is 10.4. The molecule has 4 heteroatoms. The molecule has 0 unspecified atom stereocenters. The van der Waals surface area contributed by atoms with E-state index in [-0.39, 0.29) is 0 Å². The average Bonchev–Trinajstić information content (AvgIpc) is 2.62. The van der Waals surface area contributed by atoms with E-state index in [0.717, 1.165) is 26.2 Å². The third-order valence-corrected chi connectivity index (χ3v) is 2.28. The Morgan fingerprint density at radius 3 is 3.00 bits per heavy atom. The Balaban J connectivity index is 2.42. The number of hydrogen-bond acceptors (Lipinski definition) is 3. The molecule has 0 aliphatic carbocycles. The van der Waals surface area contributed by atoms with E-state index in [4.69, 9.17) is 0 Å². The summed E-state index contributed by atoms with van der Waals surface area (Å²) in [7, 11) is 4.11. The quantitative estimate of drug-likeness (QED) is 0.721. The van der Waals surface area contributed by atoms with E-state index in [2.05, 4.69) is 35.4 Å². The Kier molecular flexibility index (Phi) is 4.62. The summed E-state index contributed by atoms with van der Waals surface area (Å²) in [4.78, 5) is 2.29. The first-order valence-corrected chi connectivity index (χ1v) is 5.11. The Morgan fingerprint density at radius 1 is 1.57 bits per heavy atom. The molecule has 0 aliphatic rings. The number of nitrogens with zero attached hydrogens (tertiary/aromatic N) is 3. The van der Waals surface area contributed by atoms with Gasteiger partial charge in [0, 0.05) is 32.4 Å². The molecule has 0 atom stereocenters. The molecular formula is C10H20N4. The lowest BCUT2D eigenvalue weighted by Gasteiger charge is -2.16. The molecule has 1 rings (SSSR count). The van der Waals surface area contributed by atoms with E-state index in [1.54, 1.807) is 0 Å². The lowest BCUT2D eigenvalue weighted by molar-refractivity contribution is 0.316. The fraction of sp³-hybridized carbons (Fsp3) is 0.700. The molecule has 0 aromatic carbocycles. The molecule has 1 N–H and O–H groups in total. The normalized spacial score (nSPS) is 11.1. The van der Waals surface area contributed by atoms with Crippen LogP contribution in [-0.4, -0.2) is 41.9 Å². The standard InChI is InChI=1S/C10H20N4/c1-4-14-10(5-6-12-14)9-13(3)8-7-11-2/h5-6,11H,4,7-9H2,1-3H3. The van der Waals surface area contributed by atoms with Gasteiger partial charge < -0.3 is 5.32 Å². The fourth-order valence-corrected chi connectivity index (χ4v) is 1.44. The van der Waals surface area contributed by atoms with Crippen molar-refractivity contribution < 1.29 is 0 Å². The van der Waals surface area contributed by atoms with Crippen LogP contribution in [0.2, 0.25) is 0 Å². The van der Waals surface area contributed by atoms with Gasteiger partial charge in [0.25, 0.3) is 0 Å². The minimum absolute atomic E-state index is 0.947. The number of aryl methyl sites for hydroxylation is 1. The lowest BCUT2D eigenvalue weighted by atomic mass is 10.4. The summed E-state index contributed by atoms with van der Waals surface area (Å²) in [6, 6.07) is 2.08. The molecule has 0 bridgehead atoms. The summed E-state index contributed by atoms with van der Waals surface area (Å²) in [6.07, 6.45) is 1.87. The summed E-state index contributed by atoms with van der Waals surface area (Å²) >= 11 is 0. The van der Waals surface area contributed by atoms with Gasteiger partial charge in [0.2, 0.25) is 0 Å². The van der Waals surface area contributed by atoms with Gasteiger partial charge in [-0.25, -0.2) is 0 Å². The predicted octanol–water partition coefficient (Wildman–Crippen LogP) is 0.554. The maximum Gasteiger partial charge on any atom is 0.0524 e. The second kappa shape index (κ2) is 5.78. The molecule has 1 aromatic heterocycles. The van der Waals surface area contributed by atoms with Crippen molar-refractivity contribution in [1.29, 1.82) is 0 Å². The van der Waals surface area contributed by atoms with Crippen LogP contribution in [0, 0.1) is 0 Å². The average molecular weight is 196 g/mol. The van der Waals surface area contributed by atoms with Crippen LogP contribution in [0.25, 0.3) is 0 Å². The van der Waals surface area contributed by atoms with Crippen LogP contribution in [0.15, 0.2) is 12.3 Å². The van der Waals surface area contributed by atoms with E-state index < -0.39 is 0 Å². The zero-order valence-corrected chi connectivity index (χ0v) is 9.32. The Labute approximate surface area is 85.9 Å². The Hall–Kier alpha value is -0.870. The SMILES string of the molecule is CCn1nccc1CN(C)CCNC. The molecule has 4 nitrogen and oxygen atoms in total. The van der Waals surface area contributed by atoms with Gasteiger partial charge in [-0.3, -0.25) is 9.58 Å². The van der Waals surface area contributed by atoms with Crippen LogP contribution >= 0.6 is 0 Å². The molecule has 0 amide bonds. The molecule has 0 spiro atoms. The van der Waals surface area contributed by atoms with Crippen LogP contribution in [0.4, 0.5) is 0 Å². The van der Waals surface area contributed by atoms with Crippen LogP contribution in [0.1, 0.15) is 12.6 Å². The maximum atomic E-state index is 4.24. The largest absolute Gasteiger partial charge is 0.318 e. The van der Waals surface area contributed by atoms with E-state index in [0.29, 0.717) is 0 Å². The summed E-state index contributed by atoms with van der Waals surface area (Å²) < 4.78 is 2.04. The van der Waals surface area contributed by atoms with E-state index in [9.17, 15) is 0 Å². The van der Waals surface area contributed by atoms with Crippen molar-refractivity contribution in [2.45, 2.75) is 20.0 Å². The number of likely N-dealkylation sites (N-methyl/N-ethyl adjacent to an activating group) is 2. The molecular weight excluding hydrogens is 176 g/mol. The van der Waals surface area contributed by atoms with Gasteiger partial charge in [0.15, 0.2) is 0 Å². The molecule has 80 valence electrons. The number of hydrogen-bond donors (Lipinski definition) is 1. The monoisotopic (exact) mass is 196 g/mol. The second-order valence-electron chi connectivity index (χ2n) is 3.48. The molecule has 0 saturated carbocycles. The lowest BCUT2D eigenvalue weighted by Crippen LogP contribution is -2.27. The van der Waals surface area contributed by atoms with Crippen molar-refractivity contribution in [2.75, 3.05) is 27.2 Å². The van der Waals surface area contributed by atoms with Crippen molar-refractivity contribution in [3.8, 4) is 0 Å². The summed E-state index contributed by atoms with van der Waals surface area (Å²) in [5.41, 5.74) is 1.28. The second-order valence-corrected chi connectivity index (χ2v) is 3.48. The molecule has 14 heavy (non-hydrogen) atoms. The molecule has 0 saturated heterocycles. The molecule has 0 fully saturated rings. The zero-order valence-electron chi connectivity index (χ0n) is 9.32. The minimum atomic E-state index is 0.947. The van der Waals surface area contributed by atoms with Crippen LogP contribution in [0.3, 0.4) is 0 Å². The highest BCUT2D eigenvalue weighted by atomic mass is 15.3. The number of nitrogens with one attached hydrogen (secondary N) is 1. The molecule has 0 aliphatic heterocycles. The van der Waals surface area contributed by atoms with Crippen molar-refractivity contribution in [3.63, 3.8) is 0 Å². The predicted molar refractivity (Wildman–Crippen MR) is 58.2 cm³/mol. The highest BCUT2D eigenvalue weighted by molar-refractivity contribution is 4.99. The van der Waals surface area contributed by atoms with Crippen molar-refractivity contribution in [1.82, 2.24) is 20.0 Å². The smallest absolute Gasteiger partial charge is 0.0524 e. The van der Waals surface area contributed by atoms with Gasteiger partial charge in [0.05, 0.1) is 5.69 Å². The first-order valence-electron chi connectivity index (χ1n) is 5.11. The van der Waals surface area contributed by atoms with Gasteiger partial charge in [-0.1, -0.05) is 0 Å². The summed E-state index contributed by atoms with van der Waals surface area (Å²) in [5, 5.41) is 7.39. The van der Waals surface area contributed by atoms with E-state index in [1.165, 1.54) is 5.69 Å². The third-order valence-electron chi connectivity index (χ3n) is 2.28. The third kappa shape index (κ3) is 3.12. The highest BCUT2D eigenvalue weighted by Crippen LogP contribution is 2.02. The van der Waals surface area contributed by atoms with E-state index >= 15 is 0 Å². The van der Waals surface area contributed by atoms with Crippen LogP contribution < -0.4 is 5.32 Å². The van der Waals surface area contributed by atoms with Crippen LogP contribution in [0.5, 0.6) is 0 Å². The summed E-state index contributed by atoms with van der Waals surface area (Å²) in [6.45, 7) is 6.12. The van der Waals surface area contributed by atoms with Crippen molar-refractivity contribution >= 4 is 0 Å². The number of aromatic nitrogens is 2. The maximum absolute atomic E-state index is 4.24. The van der Waals surface area contributed by atoms with E-state index in [1.807, 2.05) is 17.9 Å². The van der Waals surface area contributed by atoms with Gasteiger partial charge in [0.1, 0.15) is 0 Å². The molecule has 0 radical (unpaired) electrons. The Morgan fingerprint density at radius 2 is 2.36 bits per heavy atom.